The molecule has 1 N–H and O–H groups in total. The summed E-state index contributed by atoms with van der Waals surface area (Å²) in [5.41, 5.74) is 1.71. The summed E-state index contributed by atoms with van der Waals surface area (Å²) in [6.45, 7) is 0.176. The Morgan fingerprint density at radius 3 is 2.79 bits per heavy atom. The number of rotatable bonds is 4. The van der Waals surface area contributed by atoms with E-state index in [0.29, 0.717) is 10.2 Å². The Kier molecular flexibility index (Phi) is 5.06. The molecule has 2 amide bonds. The van der Waals surface area contributed by atoms with Crippen molar-refractivity contribution in [3.8, 4) is 0 Å². The van der Waals surface area contributed by atoms with Gasteiger partial charge in [0, 0.05) is 17.9 Å². The van der Waals surface area contributed by atoms with E-state index >= 15 is 0 Å². The van der Waals surface area contributed by atoms with E-state index in [1.165, 1.54) is 28.5 Å². The lowest BCUT2D eigenvalue weighted by Crippen LogP contribution is -2.36. The van der Waals surface area contributed by atoms with Crippen LogP contribution in [0.15, 0.2) is 47.6 Å². The van der Waals surface area contributed by atoms with Crippen molar-refractivity contribution in [2.45, 2.75) is 19.4 Å². The Hall–Kier alpha value is -2.84. The molecule has 0 fully saturated rings. The van der Waals surface area contributed by atoms with Crippen molar-refractivity contribution in [1.29, 1.82) is 0 Å². The highest BCUT2D eigenvalue weighted by Crippen LogP contribution is 2.28. The molecule has 142 valence electrons. The van der Waals surface area contributed by atoms with E-state index in [1.807, 2.05) is 0 Å². The monoisotopic (exact) mass is 416 g/mol. The Labute approximate surface area is 168 Å². The van der Waals surface area contributed by atoms with Gasteiger partial charge in [-0.15, -0.1) is 0 Å². The van der Waals surface area contributed by atoms with Gasteiger partial charge in [-0.2, -0.15) is 5.10 Å². The molecular formula is C19H14ClFN4O2S. The summed E-state index contributed by atoms with van der Waals surface area (Å²) in [5.74, 6) is -0.938. The SMILES string of the molecule is O=C(Nc1nc2ccc(Cl)cc2s1)C1=NN(Cc2ccc(F)cc2)C(=O)CC1. The smallest absolute Gasteiger partial charge is 0.273 e. The minimum atomic E-state index is -0.401. The first kappa shape index (κ1) is 18.5. The number of nitrogens with zero attached hydrogens (tertiary/aromatic N) is 3. The van der Waals surface area contributed by atoms with Crippen LogP contribution in [0, 0.1) is 5.82 Å². The second-order valence-electron chi connectivity index (χ2n) is 6.21. The topological polar surface area (TPSA) is 74.7 Å². The minimum Gasteiger partial charge on any atom is -0.297 e. The summed E-state index contributed by atoms with van der Waals surface area (Å²) in [4.78, 5) is 29.1. The van der Waals surface area contributed by atoms with Crippen molar-refractivity contribution in [2.75, 3.05) is 5.32 Å². The fraction of sp³-hybridized carbons (Fsp3) is 0.158. The third kappa shape index (κ3) is 4.02. The number of fused-ring (bicyclic) bond motifs is 1. The maximum absolute atomic E-state index is 13.0. The Morgan fingerprint density at radius 1 is 1.21 bits per heavy atom. The second kappa shape index (κ2) is 7.65. The molecular weight excluding hydrogens is 403 g/mol. The molecule has 1 aromatic heterocycles. The van der Waals surface area contributed by atoms with Gasteiger partial charge in [-0.25, -0.2) is 14.4 Å². The zero-order chi connectivity index (χ0) is 19.7. The minimum absolute atomic E-state index is 0.176. The fourth-order valence-corrected chi connectivity index (χ4v) is 3.91. The number of nitrogens with one attached hydrogen (secondary N) is 1. The van der Waals surface area contributed by atoms with Crippen LogP contribution in [-0.4, -0.2) is 27.5 Å². The van der Waals surface area contributed by atoms with Gasteiger partial charge >= 0.3 is 0 Å². The van der Waals surface area contributed by atoms with E-state index in [0.717, 1.165) is 15.8 Å². The number of carbonyl (C=O) groups excluding carboxylic acids is 2. The molecule has 2 heterocycles. The average Bonchev–Trinajstić information content (AvgIpc) is 3.06. The summed E-state index contributed by atoms with van der Waals surface area (Å²) in [6.07, 6.45) is 0.435. The number of aromatic nitrogens is 1. The molecule has 0 bridgehead atoms. The largest absolute Gasteiger partial charge is 0.297 e. The molecule has 6 nitrogen and oxygen atoms in total. The molecule has 28 heavy (non-hydrogen) atoms. The maximum Gasteiger partial charge on any atom is 0.273 e. The summed E-state index contributed by atoms with van der Waals surface area (Å²) >= 11 is 7.28. The highest BCUT2D eigenvalue weighted by Gasteiger charge is 2.25. The van der Waals surface area contributed by atoms with E-state index in [2.05, 4.69) is 15.4 Å². The Morgan fingerprint density at radius 2 is 2.00 bits per heavy atom. The van der Waals surface area contributed by atoms with Crippen LogP contribution in [0.2, 0.25) is 5.02 Å². The van der Waals surface area contributed by atoms with Gasteiger partial charge in [0.1, 0.15) is 11.5 Å². The number of carbonyl (C=O) groups is 2. The number of thiazole rings is 1. The van der Waals surface area contributed by atoms with Crippen LogP contribution in [0.3, 0.4) is 0 Å². The molecule has 9 heteroatoms. The van der Waals surface area contributed by atoms with Crippen LogP contribution in [0.4, 0.5) is 9.52 Å². The molecule has 0 unspecified atom stereocenters. The molecule has 0 radical (unpaired) electrons. The molecule has 1 aliphatic heterocycles. The molecule has 0 saturated heterocycles. The van der Waals surface area contributed by atoms with Gasteiger partial charge in [-0.1, -0.05) is 35.1 Å². The van der Waals surface area contributed by atoms with Crippen molar-refractivity contribution in [2.24, 2.45) is 5.10 Å². The van der Waals surface area contributed by atoms with E-state index in [9.17, 15) is 14.0 Å². The molecule has 4 rings (SSSR count). The average molecular weight is 417 g/mol. The first-order chi connectivity index (χ1) is 13.5. The number of hydrogen-bond acceptors (Lipinski definition) is 5. The van der Waals surface area contributed by atoms with Crippen LogP contribution in [0.1, 0.15) is 18.4 Å². The zero-order valence-corrected chi connectivity index (χ0v) is 16.1. The molecule has 0 saturated carbocycles. The highest BCUT2D eigenvalue weighted by molar-refractivity contribution is 7.22. The van der Waals surface area contributed by atoms with E-state index in [-0.39, 0.29) is 36.8 Å². The van der Waals surface area contributed by atoms with Crippen molar-refractivity contribution < 1.29 is 14.0 Å². The van der Waals surface area contributed by atoms with Gasteiger partial charge in [0.25, 0.3) is 5.91 Å². The van der Waals surface area contributed by atoms with Crippen molar-refractivity contribution in [1.82, 2.24) is 9.99 Å². The number of halogens is 2. The normalized spacial score (nSPS) is 14.3. The summed E-state index contributed by atoms with van der Waals surface area (Å²) in [5, 5.41) is 9.20. The van der Waals surface area contributed by atoms with Crippen molar-refractivity contribution in [3.63, 3.8) is 0 Å². The van der Waals surface area contributed by atoms with Gasteiger partial charge in [-0.3, -0.25) is 14.9 Å². The molecule has 1 aliphatic rings. The summed E-state index contributed by atoms with van der Waals surface area (Å²) in [7, 11) is 0. The Bertz CT molecular complexity index is 1100. The van der Waals surface area contributed by atoms with Crippen LogP contribution < -0.4 is 5.32 Å². The second-order valence-corrected chi connectivity index (χ2v) is 7.68. The summed E-state index contributed by atoms with van der Waals surface area (Å²) < 4.78 is 13.9. The lowest BCUT2D eigenvalue weighted by atomic mass is 10.1. The van der Waals surface area contributed by atoms with Gasteiger partial charge in [0.2, 0.25) is 5.91 Å². The van der Waals surface area contributed by atoms with Gasteiger partial charge < -0.3 is 0 Å². The zero-order valence-electron chi connectivity index (χ0n) is 14.5. The molecule has 2 aromatic carbocycles. The predicted molar refractivity (Wildman–Crippen MR) is 107 cm³/mol. The predicted octanol–water partition coefficient (Wildman–Crippen LogP) is 4.21. The van der Waals surface area contributed by atoms with Gasteiger partial charge in [0.05, 0.1) is 16.8 Å². The number of benzene rings is 2. The highest BCUT2D eigenvalue weighted by atomic mass is 35.5. The fourth-order valence-electron chi connectivity index (χ4n) is 2.77. The molecule has 3 aromatic rings. The first-order valence-corrected chi connectivity index (χ1v) is 9.67. The number of hydrogen-bond donors (Lipinski definition) is 1. The third-order valence-electron chi connectivity index (χ3n) is 4.18. The maximum atomic E-state index is 13.0. The number of anilines is 1. The lowest BCUT2D eigenvalue weighted by molar-refractivity contribution is -0.132. The van der Waals surface area contributed by atoms with Gasteiger partial charge in [-0.05, 0) is 35.9 Å². The number of amides is 2. The quantitative estimate of drug-likeness (QED) is 0.692. The van der Waals surface area contributed by atoms with E-state index in [4.69, 9.17) is 11.6 Å². The first-order valence-electron chi connectivity index (χ1n) is 8.48. The van der Waals surface area contributed by atoms with Crippen LogP contribution in [0.5, 0.6) is 0 Å². The standard InChI is InChI=1S/C19H14ClFN4O2S/c20-12-3-6-14-16(9-12)28-19(22-14)23-18(27)15-7-8-17(26)25(24-15)10-11-1-4-13(21)5-2-11/h1-6,9H,7-8,10H2,(H,22,23,27). The number of hydrazone groups is 1. The third-order valence-corrected chi connectivity index (χ3v) is 5.35. The Balaban J connectivity index is 1.50. The van der Waals surface area contributed by atoms with Crippen molar-refractivity contribution in [3.05, 3.63) is 58.9 Å². The summed E-state index contributed by atoms with van der Waals surface area (Å²) in [6, 6.07) is 11.1. The molecule has 0 aliphatic carbocycles. The molecule has 0 spiro atoms. The van der Waals surface area contributed by atoms with E-state index < -0.39 is 5.91 Å². The lowest BCUT2D eigenvalue weighted by Gasteiger charge is -2.23. The molecule has 0 atom stereocenters. The van der Waals surface area contributed by atoms with Crippen LogP contribution >= 0.6 is 22.9 Å². The van der Waals surface area contributed by atoms with E-state index in [1.54, 1.807) is 30.3 Å². The van der Waals surface area contributed by atoms with Crippen molar-refractivity contribution >= 4 is 55.8 Å². The van der Waals surface area contributed by atoms with Gasteiger partial charge in [0.15, 0.2) is 5.13 Å². The van der Waals surface area contributed by atoms with Crippen LogP contribution in [0.25, 0.3) is 10.2 Å². The van der Waals surface area contributed by atoms with Crippen LogP contribution in [-0.2, 0) is 16.1 Å².